The largest absolute Gasteiger partial charge is 0.493 e. The fourth-order valence-electron chi connectivity index (χ4n) is 2.63. The predicted molar refractivity (Wildman–Crippen MR) is 90.1 cm³/mol. The molecule has 0 saturated carbocycles. The highest BCUT2D eigenvalue weighted by molar-refractivity contribution is 6.12. The van der Waals surface area contributed by atoms with Crippen LogP contribution in [0, 0.1) is 0 Å². The molecule has 0 bridgehead atoms. The van der Waals surface area contributed by atoms with E-state index in [1.165, 1.54) is 5.56 Å². The molecule has 2 aromatic rings. The van der Waals surface area contributed by atoms with Crippen LogP contribution in [0.3, 0.4) is 0 Å². The van der Waals surface area contributed by atoms with E-state index in [0.717, 1.165) is 41.3 Å². The van der Waals surface area contributed by atoms with Crippen molar-refractivity contribution in [1.29, 1.82) is 0 Å². The van der Waals surface area contributed by atoms with Crippen molar-refractivity contribution in [2.45, 2.75) is 6.42 Å². The van der Waals surface area contributed by atoms with Gasteiger partial charge in [0, 0.05) is 12.1 Å². The van der Waals surface area contributed by atoms with Gasteiger partial charge in [0.15, 0.2) is 11.5 Å². The Bertz CT molecular complexity index is 718. The normalized spacial score (nSPS) is 13.6. The van der Waals surface area contributed by atoms with Gasteiger partial charge in [-0.05, 0) is 35.8 Å². The van der Waals surface area contributed by atoms with Crippen LogP contribution in [-0.4, -0.2) is 26.5 Å². The van der Waals surface area contributed by atoms with Gasteiger partial charge in [-0.1, -0.05) is 36.4 Å². The van der Waals surface area contributed by atoms with E-state index in [-0.39, 0.29) is 0 Å². The lowest BCUT2D eigenvalue weighted by Crippen LogP contribution is -2.11. The van der Waals surface area contributed by atoms with Crippen LogP contribution in [-0.2, 0) is 6.42 Å². The third kappa shape index (κ3) is 2.89. The first-order valence-electron chi connectivity index (χ1n) is 7.34. The molecule has 0 spiro atoms. The molecule has 0 unspecified atom stereocenters. The lowest BCUT2D eigenvalue weighted by Gasteiger charge is -2.18. The molecule has 2 aromatic carbocycles. The standard InChI is InChI=1S/C19H19NO2/c1-21-18-12-15-10-11-20-17(16(15)13-19(18)22-2)9-8-14-6-4-3-5-7-14/h3-9,12-13H,10-11H2,1-2H3. The average Bonchev–Trinajstić information content (AvgIpc) is 2.59. The maximum atomic E-state index is 5.41. The summed E-state index contributed by atoms with van der Waals surface area (Å²) >= 11 is 0. The number of fused-ring (bicyclic) bond motifs is 1. The molecule has 0 aromatic heterocycles. The van der Waals surface area contributed by atoms with Crippen molar-refractivity contribution in [3.05, 3.63) is 65.2 Å². The summed E-state index contributed by atoms with van der Waals surface area (Å²) in [5, 5.41) is 0. The molecule has 0 N–H and O–H groups in total. The van der Waals surface area contributed by atoms with Gasteiger partial charge in [0.2, 0.25) is 0 Å². The topological polar surface area (TPSA) is 30.8 Å². The lowest BCUT2D eigenvalue weighted by atomic mass is 9.96. The van der Waals surface area contributed by atoms with Crippen LogP contribution in [0.4, 0.5) is 0 Å². The molecular formula is C19H19NO2. The molecule has 0 saturated heterocycles. The number of ether oxygens (including phenoxy) is 2. The summed E-state index contributed by atoms with van der Waals surface area (Å²) in [7, 11) is 3.32. The summed E-state index contributed by atoms with van der Waals surface area (Å²) in [5.41, 5.74) is 4.53. The zero-order chi connectivity index (χ0) is 15.4. The molecule has 1 aliphatic rings. The second kappa shape index (κ2) is 6.48. The van der Waals surface area contributed by atoms with E-state index in [2.05, 4.69) is 35.3 Å². The minimum absolute atomic E-state index is 0.740. The maximum absolute atomic E-state index is 5.41. The SMILES string of the molecule is COc1cc2c(cc1OC)C(C=Cc1ccccc1)=NCC2. The van der Waals surface area contributed by atoms with Gasteiger partial charge in [-0.25, -0.2) is 0 Å². The molecule has 0 atom stereocenters. The molecule has 1 aliphatic heterocycles. The number of methoxy groups -OCH3 is 2. The fraction of sp³-hybridized carbons (Fsp3) is 0.211. The predicted octanol–water partition coefficient (Wildman–Crippen LogP) is 3.76. The summed E-state index contributed by atoms with van der Waals surface area (Å²) in [5.74, 6) is 1.51. The van der Waals surface area contributed by atoms with Gasteiger partial charge in [-0.2, -0.15) is 0 Å². The number of nitrogens with zero attached hydrogens (tertiary/aromatic N) is 1. The Morgan fingerprint density at radius 1 is 0.955 bits per heavy atom. The minimum Gasteiger partial charge on any atom is -0.493 e. The van der Waals surface area contributed by atoms with Crippen LogP contribution in [0.5, 0.6) is 11.5 Å². The van der Waals surface area contributed by atoms with E-state index in [1.54, 1.807) is 14.2 Å². The maximum Gasteiger partial charge on any atom is 0.161 e. The zero-order valence-electron chi connectivity index (χ0n) is 12.9. The van der Waals surface area contributed by atoms with Gasteiger partial charge < -0.3 is 9.47 Å². The van der Waals surface area contributed by atoms with Gasteiger partial charge >= 0.3 is 0 Å². The molecule has 1 heterocycles. The third-order valence-corrected chi connectivity index (χ3v) is 3.78. The minimum atomic E-state index is 0.740. The van der Waals surface area contributed by atoms with E-state index in [1.807, 2.05) is 24.3 Å². The average molecular weight is 293 g/mol. The van der Waals surface area contributed by atoms with Crippen molar-refractivity contribution in [1.82, 2.24) is 0 Å². The second-order valence-corrected chi connectivity index (χ2v) is 5.13. The molecule has 0 aliphatic carbocycles. The van der Waals surface area contributed by atoms with E-state index in [0.29, 0.717) is 0 Å². The van der Waals surface area contributed by atoms with Gasteiger partial charge in [0.05, 0.1) is 19.9 Å². The van der Waals surface area contributed by atoms with Crippen molar-refractivity contribution >= 4 is 11.8 Å². The summed E-state index contributed by atoms with van der Waals surface area (Å²) in [6.07, 6.45) is 5.09. The first kappa shape index (κ1) is 14.4. The van der Waals surface area contributed by atoms with Crippen molar-refractivity contribution in [3.8, 4) is 11.5 Å². The number of rotatable bonds is 4. The third-order valence-electron chi connectivity index (χ3n) is 3.78. The Morgan fingerprint density at radius 3 is 2.41 bits per heavy atom. The van der Waals surface area contributed by atoms with Crippen molar-refractivity contribution in [2.75, 3.05) is 20.8 Å². The van der Waals surface area contributed by atoms with Gasteiger partial charge in [0.1, 0.15) is 0 Å². The van der Waals surface area contributed by atoms with Crippen LogP contribution in [0.1, 0.15) is 16.7 Å². The molecule has 3 nitrogen and oxygen atoms in total. The van der Waals surface area contributed by atoms with Crippen LogP contribution in [0.25, 0.3) is 6.08 Å². The molecule has 3 heteroatoms. The van der Waals surface area contributed by atoms with Crippen molar-refractivity contribution in [2.24, 2.45) is 4.99 Å². The summed E-state index contributed by atoms with van der Waals surface area (Å²) in [6, 6.07) is 14.3. The van der Waals surface area contributed by atoms with E-state index < -0.39 is 0 Å². The molecule has 3 rings (SSSR count). The number of aliphatic imine (C=N–C) groups is 1. The number of hydrogen-bond donors (Lipinski definition) is 0. The number of allylic oxidation sites excluding steroid dienone is 1. The first-order valence-corrected chi connectivity index (χ1v) is 7.34. The van der Waals surface area contributed by atoms with Crippen LogP contribution in [0.15, 0.2) is 53.5 Å². The van der Waals surface area contributed by atoms with Crippen LogP contribution in [0.2, 0.25) is 0 Å². The molecule has 0 radical (unpaired) electrons. The Kier molecular flexibility index (Phi) is 4.24. The van der Waals surface area contributed by atoms with Crippen LogP contribution >= 0.6 is 0 Å². The van der Waals surface area contributed by atoms with E-state index in [9.17, 15) is 0 Å². The Balaban J connectivity index is 1.96. The van der Waals surface area contributed by atoms with E-state index in [4.69, 9.17) is 9.47 Å². The first-order chi connectivity index (χ1) is 10.8. The monoisotopic (exact) mass is 293 g/mol. The Morgan fingerprint density at radius 2 is 1.68 bits per heavy atom. The Labute approximate surface area is 130 Å². The van der Waals surface area contributed by atoms with E-state index >= 15 is 0 Å². The summed E-state index contributed by atoms with van der Waals surface area (Å²) in [4.78, 5) is 4.65. The molecule has 0 fully saturated rings. The highest BCUT2D eigenvalue weighted by atomic mass is 16.5. The second-order valence-electron chi connectivity index (χ2n) is 5.13. The summed E-state index contributed by atoms with van der Waals surface area (Å²) in [6.45, 7) is 0.803. The molecule has 112 valence electrons. The summed E-state index contributed by atoms with van der Waals surface area (Å²) < 4.78 is 10.8. The fourth-order valence-corrected chi connectivity index (χ4v) is 2.63. The smallest absolute Gasteiger partial charge is 0.161 e. The van der Waals surface area contributed by atoms with Crippen LogP contribution < -0.4 is 9.47 Å². The van der Waals surface area contributed by atoms with Gasteiger partial charge in [-0.15, -0.1) is 0 Å². The van der Waals surface area contributed by atoms with Gasteiger partial charge in [0.25, 0.3) is 0 Å². The molecule has 22 heavy (non-hydrogen) atoms. The Hall–Kier alpha value is -2.55. The van der Waals surface area contributed by atoms with Crippen molar-refractivity contribution < 1.29 is 9.47 Å². The molecular weight excluding hydrogens is 274 g/mol. The quantitative estimate of drug-likeness (QED) is 0.859. The highest BCUT2D eigenvalue weighted by Gasteiger charge is 2.16. The molecule has 0 amide bonds. The van der Waals surface area contributed by atoms with Gasteiger partial charge in [-0.3, -0.25) is 4.99 Å². The van der Waals surface area contributed by atoms with Crippen molar-refractivity contribution in [3.63, 3.8) is 0 Å². The number of hydrogen-bond acceptors (Lipinski definition) is 3. The zero-order valence-corrected chi connectivity index (χ0v) is 12.9. The number of benzene rings is 2. The highest BCUT2D eigenvalue weighted by Crippen LogP contribution is 2.32. The lowest BCUT2D eigenvalue weighted by molar-refractivity contribution is 0.354.